The maximum Gasteiger partial charge on any atom is 1.00 e. The Bertz CT molecular complexity index is 1180. The number of rotatable bonds is 7. The second kappa shape index (κ2) is 12.1. The van der Waals surface area contributed by atoms with Crippen LogP contribution in [0.3, 0.4) is 0 Å². The van der Waals surface area contributed by atoms with Gasteiger partial charge in [0.25, 0.3) is 11.8 Å². The van der Waals surface area contributed by atoms with Crippen LogP contribution in [0.5, 0.6) is 0 Å². The van der Waals surface area contributed by atoms with Gasteiger partial charge in [0.2, 0.25) is 0 Å². The molecular formula is C30H36N3NaO4. The summed E-state index contributed by atoms with van der Waals surface area (Å²) in [5.74, 6) is -1.03. The van der Waals surface area contributed by atoms with E-state index in [0.717, 1.165) is 36.8 Å². The Morgan fingerprint density at radius 3 is 2.24 bits per heavy atom. The zero-order valence-electron chi connectivity index (χ0n) is 23.1. The third-order valence-corrected chi connectivity index (χ3v) is 7.91. The summed E-state index contributed by atoms with van der Waals surface area (Å²) in [5.41, 5.74) is 2.34. The van der Waals surface area contributed by atoms with Gasteiger partial charge in [-0.1, -0.05) is 63.2 Å². The fourth-order valence-electron chi connectivity index (χ4n) is 5.67. The van der Waals surface area contributed by atoms with Crippen LogP contribution in [0, 0.1) is 11.3 Å². The van der Waals surface area contributed by atoms with Crippen molar-refractivity contribution in [3.63, 3.8) is 0 Å². The molecule has 2 aromatic carbocycles. The number of aliphatic carboxylic acids is 1. The largest absolute Gasteiger partial charge is 1.00 e. The first-order valence-corrected chi connectivity index (χ1v) is 13.1. The molecule has 1 spiro atoms. The van der Waals surface area contributed by atoms with Crippen LogP contribution >= 0.6 is 0 Å². The molecule has 0 bridgehead atoms. The van der Waals surface area contributed by atoms with E-state index in [1.165, 1.54) is 0 Å². The molecular weight excluding hydrogens is 489 g/mol. The first-order valence-electron chi connectivity index (χ1n) is 13.1. The Kier molecular flexibility index (Phi) is 9.61. The molecule has 1 atom stereocenters. The van der Waals surface area contributed by atoms with E-state index in [-0.39, 0.29) is 65.8 Å². The third kappa shape index (κ3) is 6.38. The van der Waals surface area contributed by atoms with Gasteiger partial charge in [0.05, 0.1) is 6.04 Å². The van der Waals surface area contributed by atoms with Crippen LogP contribution in [0.25, 0.3) is 0 Å². The molecule has 38 heavy (non-hydrogen) atoms. The van der Waals surface area contributed by atoms with E-state index in [1.54, 1.807) is 12.1 Å². The zero-order chi connectivity index (χ0) is 26.8. The summed E-state index contributed by atoms with van der Waals surface area (Å²) in [6, 6.07) is 16.6. The molecule has 2 aromatic rings. The van der Waals surface area contributed by atoms with Crippen LogP contribution in [0.4, 0.5) is 0 Å². The molecule has 7 nitrogen and oxygen atoms in total. The Hall–Kier alpha value is -2.48. The topological polar surface area (TPSA) is 102 Å². The summed E-state index contributed by atoms with van der Waals surface area (Å²) in [6.07, 6.45) is 3.42. The Morgan fingerprint density at radius 1 is 1.08 bits per heavy atom. The summed E-state index contributed by atoms with van der Waals surface area (Å²) < 4.78 is 0. The number of nitrogens with zero attached hydrogens (tertiary/aromatic N) is 2. The molecule has 1 aliphatic carbocycles. The average molecular weight is 526 g/mol. The number of hydrogen-bond acceptors (Lipinski definition) is 5. The van der Waals surface area contributed by atoms with Crippen molar-refractivity contribution in [1.82, 2.24) is 10.2 Å². The molecule has 4 rings (SSSR count). The summed E-state index contributed by atoms with van der Waals surface area (Å²) in [4.78, 5) is 44.0. The van der Waals surface area contributed by atoms with Crippen LogP contribution in [0.2, 0.25) is 0 Å². The fraction of sp³-hybridized carbons (Fsp3) is 0.467. The molecule has 0 aromatic heterocycles. The molecule has 1 heterocycles. The van der Waals surface area contributed by atoms with Crippen LogP contribution in [0.15, 0.2) is 59.6 Å². The van der Waals surface area contributed by atoms with Gasteiger partial charge in [-0.15, -0.1) is 0 Å². The molecule has 0 saturated heterocycles. The van der Waals surface area contributed by atoms with Crippen LogP contribution in [0.1, 0.15) is 87.3 Å². The molecule has 0 unspecified atom stereocenters. The minimum Gasteiger partial charge on any atom is -0.550 e. The van der Waals surface area contributed by atoms with E-state index in [1.807, 2.05) is 54.3 Å². The predicted molar refractivity (Wildman–Crippen MR) is 141 cm³/mol. The van der Waals surface area contributed by atoms with E-state index in [9.17, 15) is 19.5 Å². The van der Waals surface area contributed by atoms with Gasteiger partial charge in [0, 0.05) is 30.1 Å². The number of carbonyl (C=O) groups is 3. The van der Waals surface area contributed by atoms with Gasteiger partial charge in [0.1, 0.15) is 11.4 Å². The predicted octanol–water partition coefficient (Wildman–Crippen LogP) is 0.886. The van der Waals surface area contributed by atoms with E-state index >= 15 is 0 Å². The second-order valence-electron chi connectivity index (χ2n) is 11.3. The molecule has 2 amide bonds. The minimum atomic E-state index is -1.21. The number of aliphatic imine (C=N–C) groups is 1. The number of hydrogen-bond donors (Lipinski definition) is 1. The van der Waals surface area contributed by atoms with E-state index in [0.29, 0.717) is 17.2 Å². The minimum absolute atomic E-state index is 0. The number of carboxylic acids is 1. The first kappa shape index (κ1) is 30.1. The Morgan fingerprint density at radius 2 is 1.68 bits per heavy atom. The van der Waals surface area contributed by atoms with Gasteiger partial charge in [-0.25, -0.2) is 0 Å². The molecule has 1 N–H and O–H groups in total. The molecule has 8 heteroatoms. The maximum absolute atomic E-state index is 13.9. The normalized spacial score (nSPS) is 22.0. The number of carbonyl (C=O) groups excluding carboxylic acids is 3. The van der Waals surface area contributed by atoms with Crippen molar-refractivity contribution >= 4 is 23.5 Å². The van der Waals surface area contributed by atoms with E-state index < -0.39 is 11.6 Å². The van der Waals surface area contributed by atoms with Crippen molar-refractivity contribution in [3.8, 4) is 0 Å². The number of carboxylic acid groups (broad SMARTS) is 1. The van der Waals surface area contributed by atoms with Gasteiger partial charge in [-0.3, -0.25) is 14.6 Å². The van der Waals surface area contributed by atoms with Crippen LogP contribution in [-0.4, -0.2) is 40.6 Å². The Labute approximate surface area is 247 Å². The maximum atomic E-state index is 13.9. The quantitative estimate of drug-likeness (QED) is 0.543. The van der Waals surface area contributed by atoms with E-state index in [4.69, 9.17) is 4.99 Å². The van der Waals surface area contributed by atoms with Gasteiger partial charge in [-0.05, 0) is 61.6 Å². The van der Waals surface area contributed by atoms with Crippen LogP contribution < -0.4 is 40.0 Å². The monoisotopic (exact) mass is 525 g/mol. The van der Waals surface area contributed by atoms with Crippen LogP contribution in [-0.2, 0) is 9.59 Å². The van der Waals surface area contributed by atoms with Gasteiger partial charge in [0.15, 0.2) is 0 Å². The van der Waals surface area contributed by atoms with Crippen molar-refractivity contribution in [2.24, 2.45) is 16.3 Å². The smallest absolute Gasteiger partial charge is 0.550 e. The van der Waals surface area contributed by atoms with Crippen molar-refractivity contribution in [1.29, 1.82) is 0 Å². The zero-order valence-corrected chi connectivity index (χ0v) is 25.1. The molecule has 1 fully saturated rings. The molecule has 2 aliphatic rings. The summed E-state index contributed by atoms with van der Waals surface area (Å²) >= 11 is 0. The third-order valence-electron chi connectivity index (χ3n) is 7.91. The van der Waals surface area contributed by atoms with Gasteiger partial charge in [-0.2, -0.15) is 0 Å². The number of nitrogens with one attached hydrogen (secondary N) is 1. The molecule has 0 radical (unpaired) electrons. The average Bonchev–Trinajstić information content (AvgIpc) is 3.14. The number of benzene rings is 2. The first-order chi connectivity index (χ1) is 17.5. The summed E-state index contributed by atoms with van der Waals surface area (Å²) in [5, 5.41) is 13.2. The molecule has 1 aliphatic heterocycles. The Balaban J connectivity index is 0.00000400. The van der Waals surface area contributed by atoms with Crippen molar-refractivity contribution in [2.45, 2.75) is 71.5 Å². The SMILES string of the molecule is C[C@H](c1ccc(C(=O)NCCC(=O)[O-])cc1)N1C(=O)C(c2ccccc2)=NC12CCC(C(C)(C)C)CC2.[Na+]. The van der Waals surface area contributed by atoms with Gasteiger partial charge >= 0.3 is 29.6 Å². The summed E-state index contributed by atoms with van der Waals surface area (Å²) in [7, 11) is 0. The van der Waals surface area contributed by atoms with Crippen molar-refractivity contribution < 1.29 is 49.0 Å². The summed E-state index contributed by atoms with van der Waals surface area (Å²) in [6.45, 7) is 8.88. The van der Waals surface area contributed by atoms with Crippen molar-refractivity contribution in [3.05, 3.63) is 71.3 Å². The second-order valence-corrected chi connectivity index (χ2v) is 11.3. The van der Waals surface area contributed by atoms with Crippen molar-refractivity contribution in [2.75, 3.05) is 6.54 Å². The molecule has 1 saturated carbocycles. The van der Waals surface area contributed by atoms with Gasteiger partial charge < -0.3 is 20.1 Å². The molecule has 196 valence electrons. The number of amides is 2. The van der Waals surface area contributed by atoms with E-state index in [2.05, 4.69) is 26.1 Å². The fourth-order valence-corrected chi connectivity index (χ4v) is 5.67. The standard InChI is InChI=1S/C30H37N3O4.Na/c1-20(21-10-12-23(13-11-21)27(36)31-19-16-25(34)35)33-28(37)26(22-8-6-5-7-9-22)32-30(33)17-14-24(15-18-30)29(2,3)4;/h5-13,20,24H,14-19H2,1-4H3,(H,31,36)(H,34,35);/q;+1/p-1/t20-,24?,30?;/m1./s1.